The summed E-state index contributed by atoms with van der Waals surface area (Å²) in [6, 6.07) is 6.85. The van der Waals surface area contributed by atoms with E-state index in [9.17, 15) is 29.1 Å². The Balaban J connectivity index is 2.73. The van der Waals surface area contributed by atoms with Gasteiger partial charge in [0.05, 0.1) is 19.1 Å². The zero-order valence-electron chi connectivity index (χ0n) is 25.9. The lowest BCUT2D eigenvalue weighted by Crippen LogP contribution is -2.51. The van der Waals surface area contributed by atoms with Crippen molar-refractivity contribution < 1.29 is 33.8 Å². The minimum atomic E-state index is -1.21. The lowest BCUT2D eigenvalue weighted by molar-refractivity contribution is -0.131. The summed E-state index contributed by atoms with van der Waals surface area (Å²) in [6.45, 7) is 12.2. The van der Waals surface area contributed by atoms with Gasteiger partial charge in [-0.1, -0.05) is 51.1 Å². The van der Waals surface area contributed by atoms with Gasteiger partial charge in [0.25, 0.3) is 0 Å². The van der Waals surface area contributed by atoms with E-state index in [0.717, 1.165) is 5.56 Å². The minimum Gasteiger partial charge on any atom is -0.444 e. The van der Waals surface area contributed by atoms with Crippen LogP contribution in [0.25, 0.3) is 0 Å². The maximum Gasteiger partial charge on any atom is 0.408 e. The molecule has 7 N–H and O–H groups in total. The molecule has 236 valence electrons. The summed E-state index contributed by atoms with van der Waals surface area (Å²) in [5.41, 5.74) is 5.41. The molecule has 12 nitrogen and oxygen atoms in total. The van der Waals surface area contributed by atoms with Crippen molar-refractivity contribution in [3.8, 4) is 0 Å². The minimum absolute atomic E-state index is 0.0731. The summed E-state index contributed by atoms with van der Waals surface area (Å²) < 4.78 is 5.18. The molecule has 0 heterocycles. The van der Waals surface area contributed by atoms with E-state index in [1.807, 2.05) is 44.2 Å². The standard InChI is InChI=1S/C30H49N5O7/c1-18(2)13-22(32-17-25(37)23(15-26(31)38)35-29(41)42-30(5,6)7)24(36)14-19(3)27(39)34-20(4)28(40)33-16-21-11-9-8-10-12-21/h8-12,18-20,22-24,32,36H,13-17H2,1-7H3,(H2,31,38)(H,33,40)(H,34,39)(H,35,41)/t19-,20+,22+,23+,24+/m1/s1. The van der Waals surface area contributed by atoms with Crippen molar-refractivity contribution in [2.45, 2.75) is 104 Å². The fourth-order valence-electron chi connectivity index (χ4n) is 4.13. The molecule has 12 heteroatoms. The third-order valence-electron chi connectivity index (χ3n) is 6.32. The Morgan fingerprint density at radius 3 is 2.10 bits per heavy atom. The average Bonchev–Trinajstić information content (AvgIpc) is 2.87. The van der Waals surface area contributed by atoms with Crippen LogP contribution in [0.2, 0.25) is 0 Å². The van der Waals surface area contributed by atoms with Gasteiger partial charge in [-0.25, -0.2) is 4.79 Å². The second-order valence-corrected chi connectivity index (χ2v) is 12.1. The van der Waals surface area contributed by atoms with Gasteiger partial charge in [-0.3, -0.25) is 19.2 Å². The van der Waals surface area contributed by atoms with Gasteiger partial charge in [-0.15, -0.1) is 0 Å². The van der Waals surface area contributed by atoms with E-state index in [1.165, 1.54) is 0 Å². The SMILES string of the molecule is CC(C)C[C@H](NCC(=O)[C@H](CC(N)=O)NC(=O)OC(C)(C)C)[C@@H](O)C[C@@H](C)C(=O)N[C@@H](C)C(=O)NCc1ccccc1. The Hall–Kier alpha value is -3.51. The number of ketones is 1. The maximum absolute atomic E-state index is 12.9. The van der Waals surface area contributed by atoms with E-state index in [4.69, 9.17) is 10.5 Å². The van der Waals surface area contributed by atoms with E-state index in [1.54, 1.807) is 34.6 Å². The molecule has 0 spiro atoms. The van der Waals surface area contributed by atoms with Gasteiger partial charge < -0.3 is 36.8 Å². The summed E-state index contributed by atoms with van der Waals surface area (Å²) in [4.78, 5) is 61.9. The predicted octanol–water partition coefficient (Wildman–Crippen LogP) is 1.54. The molecule has 0 bridgehead atoms. The highest BCUT2D eigenvalue weighted by atomic mass is 16.6. The van der Waals surface area contributed by atoms with Crippen LogP contribution in [0.3, 0.4) is 0 Å². The Morgan fingerprint density at radius 1 is 0.929 bits per heavy atom. The molecule has 0 saturated heterocycles. The molecule has 42 heavy (non-hydrogen) atoms. The molecule has 0 aromatic heterocycles. The van der Waals surface area contributed by atoms with Gasteiger partial charge >= 0.3 is 6.09 Å². The van der Waals surface area contributed by atoms with Gasteiger partial charge in [0.2, 0.25) is 17.7 Å². The topological polar surface area (TPSA) is 189 Å². The first-order valence-corrected chi connectivity index (χ1v) is 14.3. The Labute approximate surface area is 248 Å². The number of aliphatic hydroxyl groups excluding tert-OH is 1. The summed E-state index contributed by atoms with van der Waals surface area (Å²) >= 11 is 0. The molecule has 1 rings (SSSR count). The van der Waals surface area contributed by atoms with Crippen molar-refractivity contribution in [2.24, 2.45) is 17.6 Å². The molecule has 0 aliphatic carbocycles. The largest absolute Gasteiger partial charge is 0.444 e. The number of amides is 4. The quantitative estimate of drug-likeness (QED) is 0.157. The molecular formula is C30H49N5O7. The molecule has 4 amide bonds. The number of primary amides is 1. The van der Waals surface area contributed by atoms with Crippen LogP contribution in [0.1, 0.15) is 73.3 Å². The van der Waals surface area contributed by atoms with Crippen molar-refractivity contribution in [2.75, 3.05) is 6.54 Å². The van der Waals surface area contributed by atoms with Gasteiger partial charge in [-0.2, -0.15) is 0 Å². The molecule has 0 aliphatic heterocycles. The summed E-state index contributed by atoms with van der Waals surface area (Å²) in [7, 11) is 0. The van der Waals surface area contributed by atoms with Crippen LogP contribution in [-0.4, -0.2) is 71.1 Å². The number of carbonyl (C=O) groups is 5. The van der Waals surface area contributed by atoms with Crippen molar-refractivity contribution in [3.05, 3.63) is 35.9 Å². The van der Waals surface area contributed by atoms with Crippen LogP contribution in [0.4, 0.5) is 4.79 Å². The fraction of sp³-hybridized carbons (Fsp3) is 0.633. The molecule has 5 atom stereocenters. The van der Waals surface area contributed by atoms with Crippen LogP contribution >= 0.6 is 0 Å². The molecule has 0 aliphatic rings. The van der Waals surface area contributed by atoms with Crippen molar-refractivity contribution >= 4 is 29.6 Å². The number of hydrogen-bond donors (Lipinski definition) is 6. The maximum atomic E-state index is 12.9. The van der Waals surface area contributed by atoms with Crippen LogP contribution in [0, 0.1) is 11.8 Å². The molecule has 1 aromatic rings. The smallest absolute Gasteiger partial charge is 0.408 e. The van der Waals surface area contributed by atoms with Gasteiger partial charge in [-0.05, 0) is 52.0 Å². The number of nitrogens with one attached hydrogen (secondary N) is 4. The Bertz CT molecular complexity index is 1040. The van der Waals surface area contributed by atoms with E-state index in [0.29, 0.717) is 13.0 Å². The molecule has 0 saturated carbocycles. The summed E-state index contributed by atoms with van der Waals surface area (Å²) in [6.07, 6.45) is -1.71. The average molecular weight is 592 g/mol. The van der Waals surface area contributed by atoms with Crippen LogP contribution in [0.5, 0.6) is 0 Å². The lowest BCUT2D eigenvalue weighted by atomic mass is 9.92. The van der Waals surface area contributed by atoms with Crippen LogP contribution in [0.15, 0.2) is 30.3 Å². The first kappa shape index (κ1) is 36.5. The first-order chi connectivity index (χ1) is 19.5. The number of carbonyl (C=O) groups excluding carboxylic acids is 5. The van der Waals surface area contributed by atoms with Gasteiger partial charge in [0.15, 0.2) is 5.78 Å². The second-order valence-electron chi connectivity index (χ2n) is 12.1. The predicted molar refractivity (Wildman–Crippen MR) is 159 cm³/mol. The molecule has 1 aromatic carbocycles. The molecule has 0 unspecified atom stereocenters. The van der Waals surface area contributed by atoms with Crippen molar-refractivity contribution in [3.63, 3.8) is 0 Å². The molecule has 0 fully saturated rings. The van der Waals surface area contributed by atoms with Crippen LogP contribution in [-0.2, 0) is 30.5 Å². The highest BCUT2D eigenvalue weighted by Gasteiger charge is 2.29. The number of hydrogen-bond acceptors (Lipinski definition) is 8. The van der Waals surface area contributed by atoms with Crippen molar-refractivity contribution in [1.29, 1.82) is 0 Å². The lowest BCUT2D eigenvalue weighted by Gasteiger charge is -2.28. The van der Waals surface area contributed by atoms with E-state index in [-0.39, 0.29) is 30.7 Å². The third kappa shape index (κ3) is 14.9. The highest BCUT2D eigenvalue weighted by molar-refractivity contribution is 5.93. The Morgan fingerprint density at radius 2 is 1.55 bits per heavy atom. The molecular weight excluding hydrogens is 542 g/mol. The summed E-state index contributed by atoms with van der Waals surface area (Å²) in [5.74, 6) is -2.49. The van der Waals surface area contributed by atoms with Gasteiger partial charge in [0, 0.05) is 18.5 Å². The number of nitrogens with two attached hydrogens (primary N) is 1. The van der Waals surface area contributed by atoms with E-state index in [2.05, 4.69) is 21.3 Å². The number of Topliss-reactive ketones (excluding diaryl/α,β-unsaturated/α-hetero) is 1. The number of alkyl carbamates (subject to hydrolysis) is 1. The van der Waals surface area contributed by atoms with E-state index < -0.39 is 60.0 Å². The van der Waals surface area contributed by atoms with E-state index >= 15 is 0 Å². The second kappa shape index (κ2) is 17.4. The van der Waals surface area contributed by atoms with Crippen molar-refractivity contribution in [1.82, 2.24) is 21.3 Å². The zero-order valence-corrected chi connectivity index (χ0v) is 25.9. The molecule has 0 radical (unpaired) electrons. The summed E-state index contributed by atoms with van der Waals surface area (Å²) in [5, 5.41) is 21.9. The number of rotatable bonds is 17. The number of benzene rings is 1. The monoisotopic (exact) mass is 591 g/mol. The van der Waals surface area contributed by atoms with Gasteiger partial charge in [0.1, 0.15) is 17.7 Å². The number of ether oxygens (including phenoxy) is 1. The van der Waals surface area contributed by atoms with Crippen LogP contribution < -0.4 is 27.0 Å². The number of aliphatic hydroxyl groups is 1. The zero-order chi connectivity index (χ0) is 32.0. The normalized spacial score (nSPS) is 15.1. The fourth-order valence-corrected chi connectivity index (χ4v) is 4.13. The third-order valence-corrected chi connectivity index (χ3v) is 6.32. The highest BCUT2D eigenvalue weighted by Crippen LogP contribution is 2.16. The first-order valence-electron chi connectivity index (χ1n) is 14.3. The Kier molecular flexibility index (Phi) is 15.2.